The minimum Gasteiger partial charge on any atom is -0.481 e. The van der Waals surface area contributed by atoms with Gasteiger partial charge in [0.05, 0.1) is 17.0 Å². The summed E-state index contributed by atoms with van der Waals surface area (Å²) in [5.41, 5.74) is 0.692. The van der Waals surface area contributed by atoms with Gasteiger partial charge in [-0.15, -0.1) is 0 Å². The maximum absolute atomic E-state index is 12.3. The number of aliphatic carboxylic acids is 1. The second kappa shape index (κ2) is 6.44. The number of benzene rings is 2. The zero-order chi connectivity index (χ0) is 15.5. The van der Waals surface area contributed by atoms with Gasteiger partial charge < -0.3 is 5.11 Å². The molecule has 0 aliphatic carbocycles. The quantitative estimate of drug-likeness (QED) is 0.733. The van der Waals surface area contributed by atoms with E-state index in [1.54, 1.807) is 36.4 Å². The lowest BCUT2D eigenvalue weighted by atomic mass is 10.1. The van der Waals surface area contributed by atoms with E-state index in [9.17, 15) is 13.2 Å². The SMILES string of the molecule is O=C(O)Cc1ccccc1NS(=O)(=O)c1ccc(I)cc1. The molecule has 0 aliphatic heterocycles. The number of carbonyl (C=O) groups is 1. The normalized spacial score (nSPS) is 11.1. The summed E-state index contributed by atoms with van der Waals surface area (Å²) in [6.45, 7) is 0. The van der Waals surface area contributed by atoms with Crippen LogP contribution in [0.1, 0.15) is 5.56 Å². The molecule has 2 aromatic carbocycles. The lowest BCUT2D eigenvalue weighted by Crippen LogP contribution is -2.15. The van der Waals surface area contributed by atoms with Gasteiger partial charge in [-0.3, -0.25) is 9.52 Å². The molecule has 0 amide bonds. The largest absolute Gasteiger partial charge is 0.481 e. The van der Waals surface area contributed by atoms with Gasteiger partial charge in [0.15, 0.2) is 0 Å². The molecule has 0 bridgehead atoms. The second-order valence-corrected chi connectivity index (χ2v) is 7.22. The summed E-state index contributed by atoms with van der Waals surface area (Å²) in [4.78, 5) is 10.9. The lowest BCUT2D eigenvalue weighted by molar-refractivity contribution is -0.136. The minimum atomic E-state index is -3.73. The number of carboxylic acid groups (broad SMARTS) is 1. The molecular weight excluding hydrogens is 405 g/mol. The fourth-order valence-electron chi connectivity index (χ4n) is 1.75. The van der Waals surface area contributed by atoms with Crippen molar-refractivity contribution in [1.29, 1.82) is 0 Å². The van der Waals surface area contributed by atoms with Crippen molar-refractivity contribution in [1.82, 2.24) is 0 Å². The first-order valence-corrected chi connectivity index (χ1v) is 8.53. The molecule has 0 saturated carbocycles. The van der Waals surface area contributed by atoms with Crippen LogP contribution in [-0.2, 0) is 21.2 Å². The Bertz CT molecular complexity index is 757. The zero-order valence-corrected chi connectivity index (χ0v) is 13.8. The van der Waals surface area contributed by atoms with Crippen LogP contribution < -0.4 is 4.72 Å². The average Bonchev–Trinajstić information content (AvgIpc) is 2.40. The summed E-state index contributed by atoms with van der Waals surface area (Å²) in [5.74, 6) is -1.02. The summed E-state index contributed by atoms with van der Waals surface area (Å²) in [6, 6.07) is 12.8. The van der Waals surface area contributed by atoms with Crippen LogP contribution in [0.25, 0.3) is 0 Å². The first-order valence-electron chi connectivity index (χ1n) is 5.96. The highest BCUT2D eigenvalue weighted by molar-refractivity contribution is 14.1. The van der Waals surface area contributed by atoms with Crippen molar-refractivity contribution in [2.45, 2.75) is 11.3 Å². The van der Waals surface area contributed by atoms with Crippen LogP contribution in [0.4, 0.5) is 5.69 Å². The molecule has 0 fully saturated rings. The molecule has 0 atom stereocenters. The van der Waals surface area contributed by atoms with Crippen molar-refractivity contribution in [2.75, 3.05) is 4.72 Å². The number of halogens is 1. The summed E-state index contributed by atoms with van der Waals surface area (Å²) in [6.07, 6.45) is -0.245. The predicted molar refractivity (Wildman–Crippen MR) is 87.7 cm³/mol. The molecule has 0 unspecified atom stereocenters. The highest BCUT2D eigenvalue weighted by Gasteiger charge is 2.16. The number of nitrogens with one attached hydrogen (secondary N) is 1. The van der Waals surface area contributed by atoms with E-state index in [1.165, 1.54) is 12.1 Å². The number of carboxylic acids is 1. The van der Waals surface area contributed by atoms with E-state index in [0.717, 1.165) is 3.57 Å². The van der Waals surface area contributed by atoms with Crippen molar-refractivity contribution in [2.24, 2.45) is 0 Å². The maximum atomic E-state index is 12.3. The summed E-state index contributed by atoms with van der Waals surface area (Å²) < 4.78 is 27.9. The molecule has 0 heterocycles. The van der Waals surface area contributed by atoms with Crippen molar-refractivity contribution < 1.29 is 18.3 Å². The molecule has 2 rings (SSSR count). The fourth-order valence-corrected chi connectivity index (χ4v) is 3.21. The first-order chi connectivity index (χ1) is 9.88. The van der Waals surface area contributed by atoms with Gasteiger partial charge in [-0.1, -0.05) is 18.2 Å². The van der Waals surface area contributed by atoms with Crippen LogP contribution in [0.5, 0.6) is 0 Å². The van der Waals surface area contributed by atoms with E-state index < -0.39 is 16.0 Å². The van der Waals surface area contributed by atoms with Crippen LogP contribution in [0.3, 0.4) is 0 Å². The molecule has 0 aliphatic rings. The molecule has 0 radical (unpaired) electrons. The van der Waals surface area contributed by atoms with E-state index in [0.29, 0.717) is 5.56 Å². The van der Waals surface area contributed by atoms with Gasteiger partial charge in [0.2, 0.25) is 0 Å². The summed E-state index contributed by atoms with van der Waals surface area (Å²) in [5, 5.41) is 8.86. The van der Waals surface area contributed by atoms with Crippen LogP contribution in [0.15, 0.2) is 53.4 Å². The van der Waals surface area contributed by atoms with Crippen molar-refractivity contribution in [3.63, 3.8) is 0 Å². The minimum absolute atomic E-state index is 0.132. The zero-order valence-electron chi connectivity index (χ0n) is 10.8. The van der Waals surface area contributed by atoms with E-state index in [-0.39, 0.29) is 17.0 Å². The topological polar surface area (TPSA) is 83.5 Å². The molecular formula is C14H12INO4S. The molecule has 5 nitrogen and oxygen atoms in total. The van der Waals surface area contributed by atoms with E-state index >= 15 is 0 Å². The molecule has 2 N–H and O–H groups in total. The van der Waals surface area contributed by atoms with Crippen molar-refractivity contribution >= 4 is 44.3 Å². The Balaban J connectivity index is 2.33. The molecule has 0 aromatic heterocycles. The third-order valence-electron chi connectivity index (χ3n) is 2.73. The van der Waals surface area contributed by atoms with Gasteiger partial charge >= 0.3 is 5.97 Å². The monoisotopic (exact) mass is 417 g/mol. The fraction of sp³-hybridized carbons (Fsp3) is 0.0714. The van der Waals surface area contributed by atoms with Crippen molar-refractivity contribution in [3.8, 4) is 0 Å². The highest BCUT2D eigenvalue weighted by Crippen LogP contribution is 2.21. The third kappa shape index (κ3) is 4.18. The predicted octanol–water partition coefficient (Wildman–Crippen LogP) is 2.72. The maximum Gasteiger partial charge on any atom is 0.307 e. The summed E-state index contributed by atoms with van der Waals surface area (Å²) in [7, 11) is -3.73. The second-order valence-electron chi connectivity index (χ2n) is 4.29. The van der Waals surface area contributed by atoms with Gasteiger partial charge in [-0.2, -0.15) is 0 Å². The number of hydrogen-bond donors (Lipinski definition) is 2. The smallest absolute Gasteiger partial charge is 0.307 e. The number of para-hydroxylation sites is 1. The van der Waals surface area contributed by atoms with Gasteiger partial charge in [-0.25, -0.2) is 8.42 Å². The molecule has 7 heteroatoms. The third-order valence-corrected chi connectivity index (χ3v) is 4.83. The van der Waals surface area contributed by atoms with E-state index in [1.807, 2.05) is 0 Å². The Morgan fingerprint density at radius 1 is 1.10 bits per heavy atom. The Morgan fingerprint density at radius 3 is 2.33 bits per heavy atom. The standard InChI is InChI=1S/C14H12INO4S/c15-11-5-7-12(8-6-11)21(19,20)16-13-4-2-1-3-10(13)9-14(17)18/h1-8,16H,9H2,(H,17,18). The average molecular weight is 417 g/mol. The lowest BCUT2D eigenvalue weighted by Gasteiger charge is -2.11. The summed E-state index contributed by atoms with van der Waals surface area (Å²) >= 11 is 2.09. The number of rotatable bonds is 5. The van der Waals surface area contributed by atoms with Gasteiger partial charge in [-0.05, 0) is 58.5 Å². The van der Waals surface area contributed by atoms with Crippen molar-refractivity contribution in [3.05, 3.63) is 57.7 Å². The van der Waals surface area contributed by atoms with Crippen LogP contribution in [0, 0.1) is 3.57 Å². The Labute approximate surface area is 136 Å². The van der Waals surface area contributed by atoms with Gasteiger partial charge in [0.1, 0.15) is 0 Å². The number of hydrogen-bond acceptors (Lipinski definition) is 3. The Hall–Kier alpha value is -1.61. The Kier molecular flexibility index (Phi) is 4.84. The number of sulfonamides is 1. The van der Waals surface area contributed by atoms with E-state index in [2.05, 4.69) is 27.3 Å². The van der Waals surface area contributed by atoms with Gasteiger partial charge in [0, 0.05) is 3.57 Å². The molecule has 0 saturated heterocycles. The molecule has 110 valence electrons. The van der Waals surface area contributed by atoms with E-state index in [4.69, 9.17) is 5.11 Å². The van der Waals surface area contributed by atoms with Gasteiger partial charge in [0.25, 0.3) is 10.0 Å². The van der Waals surface area contributed by atoms with Crippen LogP contribution in [0.2, 0.25) is 0 Å². The highest BCUT2D eigenvalue weighted by atomic mass is 127. The Morgan fingerprint density at radius 2 is 1.71 bits per heavy atom. The van der Waals surface area contributed by atoms with Crippen LogP contribution in [-0.4, -0.2) is 19.5 Å². The van der Waals surface area contributed by atoms with Crippen LogP contribution >= 0.6 is 22.6 Å². The number of anilines is 1. The molecule has 21 heavy (non-hydrogen) atoms. The molecule has 0 spiro atoms. The molecule has 2 aromatic rings. The first kappa shape index (κ1) is 15.8.